The molecule has 3 saturated heterocycles. The number of aromatic nitrogens is 2. The van der Waals surface area contributed by atoms with Crippen molar-refractivity contribution in [1.29, 1.82) is 0 Å². The molecule has 0 saturated carbocycles. The van der Waals surface area contributed by atoms with Gasteiger partial charge in [-0.25, -0.2) is 22.0 Å². The van der Waals surface area contributed by atoms with Crippen LogP contribution in [0.15, 0.2) is 18.2 Å². The van der Waals surface area contributed by atoms with Crippen LogP contribution in [0.1, 0.15) is 19.3 Å². The number of hydrogen-bond donors (Lipinski definition) is 2. The van der Waals surface area contributed by atoms with Crippen LogP contribution >= 0.6 is 33.9 Å². The van der Waals surface area contributed by atoms with E-state index in [0.717, 1.165) is 30.7 Å². The minimum Gasteiger partial charge on any atom is -0.485 e. The van der Waals surface area contributed by atoms with Crippen LogP contribution in [0.4, 0.5) is 32.8 Å². The molecule has 8 rings (SSSR count). The number of nitrogens with zero attached hydrogens (tertiary/aromatic N) is 4. The molecule has 2 aromatic heterocycles. The number of fused-ring (bicyclic) bond motifs is 3. The Morgan fingerprint density at radius 1 is 1.24 bits per heavy atom. The Hall–Kier alpha value is -2.76. The van der Waals surface area contributed by atoms with E-state index in [1.165, 1.54) is 17.0 Å². The summed E-state index contributed by atoms with van der Waals surface area (Å²) in [7, 11) is 0. The summed E-state index contributed by atoms with van der Waals surface area (Å²) in [5.41, 5.74) is 5.86. The number of nitrogen functional groups attached to an aromatic ring is 1. The predicted molar refractivity (Wildman–Crippen MR) is 170 cm³/mol. The lowest BCUT2D eigenvalue weighted by Crippen LogP contribution is -2.47. The van der Waals surface area contributed by atoms with Crippen molar-refractivity contribution in [2.24, 2.45) is 0 Å². The minimum absolute atomic E-state index is 0.0792. The summed E-state index contributed by atoms with van der Waals surface area (Å²) in [5.74, 6) is -0.882. The number of halogens is 6. The van der Waals surface area contributed by atoms with Crippen molar-refractivity contribution >= 4 is 65.7 Å². The molecule has 4 aromatic rings. The van der Waals surface area contributed by atoms with Crippen LogP contribution in [0, 0.1) is 15.2 Å². The summed E-state index contributed by atoms with van der Waals surface area (Å²) in [4.78, 5) is 12.7. The second-order valence-electron chi connectivity index (χ2n) is 12.2. The summed E-state index contributed by atoms with van der Waals surface area (Å²) in [6, 6.07) is 3.64. The van der Waals surface area contributed by atoms with Crippen molar-refractivity contribution in [2.45, 2.75) is 49.5 Å². The Kier molecular flexibility index (Phi) is 7.18. The van der Waals surface area contributed by atoms with Crippen molar-refractivity contribution in [3.63, 3.8) is 0 Å². The zero-order valence-electron chi connectivity index (χ0n) is 23.8. The van der Waals surface area contributed by atoms with Gasteiger partial charge in [-0.15, -0.1) is 11.3 Å². The van der Waals surface area contributed by atoms with Crippen molar-refractivity contribution in [3.05, 3.63) is 33.4 Å². The first-order chi connectivity index (χ1) is 21.6. The Morgan fingerprint density at radius 3 is 2.91 bits per heavy atom. The maximum atomic E-state index is 17.0. The number of rotatable bonds is 6. The van der Waals surface area contributed by atoms with Crippen LogP contribution < -0.4 is 25.4 Å². The number of anilines is 2. The molecule has 6 heterocycles. The van der Waals surface area contributed by atoms with Gasteiger partial charge in [0.15, 0.2) is 5.82 Å². The smallest absolute Gasteiger partial charge is 0.319 e. The fourth-order valence-electron chi connectivity index (χ4n) is 7.58. The lowest BCUT2D eigenvalue weighted by Gasteiger charge is -2.32. The molecule has 238 valence electrons. The summed E-state index contributed by atoms with van der Waals surface area (Å²) < 4.78 is 87.8. The summed E-state index contributed by atoms with van der Waals surface area (Å²) in [6.07, 6.45) is -2.31. The number of nitrogens with one attached hydrogen (secondary N) is 1. The van der Waals surface area contributed by atoms with E-state index in [4.69, 9.17) is 15.2 Å². The van der Waals surface area contributed by atoms with Gasteiger partial charge in [0.2, 0.25) is 0 Å². The third-order valence-corrected chi connectivity index (χ3v) is 11.5. The predicted octanol–water partition coefficient (Wildman–Crippen LogP) is 5.74. The van der Waals surface area contributed by atoms with E-state index in [1.54, 1.807) is 6.07 Å². The van der Waals surface area contributed by atoms with Crippen LogP contribution in [0.25, 0.3) is 32.1 Å². The van der Waals surface area contributed by atoms with Gasteiger partial charge in [-0.2, -0.15) is 9.97 Å². The monoisotopic (exact) mass is 758 g/mol. The lowest BCUT2D eigenvalue weighted by molar-refractivity contribution is 0.107. The van der Waals surface area contributed by atoms with Gasteiger partial charge in [0.05, 0.1) is 36.8 Å². The highest BCUT2D eigenvalue weighted by atomic mass is 127. The van der Waals surface area contributed by atoms with Crippen molar-refractivity contribution in [3.8, 4) is 22.9 Å². The van der Waals surface area contributed by atoms with E-state index < -0.39 is 48.5 Å². The molecule has 0 aliphatic carbocycles. The number of hydrogen-bond acceptors (Lipinski definition) is 9. The molecule has 15 heteroatoms. The second kappa shape index (κ2) is 10.9. The molecule has 0 amide bonds. The molecular formula is C30H28F5IN6O2S. The van der Waals surface area contributed by atoms with Gasteiger partial charge in [0, 0.05) is 37.0 Å². The zero-order valence-corrected chi connectivity index (χ0v) is 26.7. The molecule has 2 aromatic carbocycles. The van der Waals surface area contributed by atoms with Crippen molar-refractivity contribution < 1.29 is 31.4 Å². The van der Waals surface area contributed by atoms with E-state index in [-0.39, 0.29) is 45.4 Å². The third-order valence-electron chi connectivity index (χ3n) is 9.50. The number of thiophene rings is 1. The molecule has 4 atom stereocenters. The molecule has 0 spiro atoms. The fourth-order valence-corrected chi connectivity index (χ4v) is 9.36. The molecule has 45 heavy (non-hydrogen) atoms. The zero-order chi connectivity index (χ0) is 31.2. The minimum atomic E-state index is -2.71. The highest BCUT2D eigenvalue weighted by Gasteiger charge is 2.49. The van der Waals surface area contributed by atoms with E-state index in [2.05, 4.69) is 20.2 Å². The molecule has 0 radical (unpaired) electrons. The molecule has 8 nitrogen and oxygen atoms in total. The maximum Gasteiger partial charge on any atom is 0.319 e. The van der Waals surface area contributed by atoms with E-state index in [1.807, 2.05) is 22.6 Å². The molecule has 4 aliphatic heterocycles. The van der Waals surface area contributed by atoms with Crippen LogP contribution in [0.2, 0.25) is 0 Å². The quantitative estimate of drug-likeness (QED) is 0.191. The Morgan fingerprint density at radius 2 is 2.09 bits per heavy atom. The Balaban J connectivity index is 1.35. The van der Waals surface area contributed by atoms with E-state index in [0.29, 0.717) is 45.6 Å². The number of nitrogens with two attached hydrogens (primary N) is 1. The van der Waals surface area contributed by atoms with Gasteiger partial charge in [0.1, 0.15) is 41.8 Å². The standard InChI is InChI=1S/C30H28F5IN6O2S/c31-13-7-30(4-1-5-41(30)10-13)12-43-29-39-25-22-26(44-18-9-38-8-17(18)42(11-19(33)34)28(22)40-29)24(36)21(23(25)35)14-2-3-16(32)27-15(14)6-20(37)45-27/h2-3,6,13,17-19,38H,1,4-5,7-12,37H2/t13-,17?,18?,30+/m1/s1. The summed E-state index contributed by atoms with van der Waals surface area (Å²) in [6.45, 7) is 1.22. The fraction of sp³-hybridized carbons (Fsp3) is 0.467. The first kappa shape index (κ1) is 29.6. The first-order valence-corrected chi connectivity index (χ1v) is 16.7. The number of benzene rings is 2. The highest BCUT2D eigenvalue weighted by molar-refractivity contribution is 14.1. The average molecular weight is 759 g/mol. The van der Waals surface area contributed by atoms with Gasteiger partial charge < -0.3 is 25.4 Å². The van der Waals surface area contributed by atoms with Crippen LogP contribution in [0.5, 0.6) is 11.8 Å². The number of ether oxygens (including phenoxy) is 2. The maximum absolute atomic E-state index is 17.0. The summed E-state index contributed by atoms with van der Waals surface area (Å²) in [5, 5.41) is 4.18. The molecule has 3 fully saturated rings. The van der Waals surface area contributed by atoms with Gasteiger partial charge in [-0.05, 0) is 59.7 Å². The topological polar surface area (TPSA) is 88.8 Å². The normalized spacial score (nSPS) is 26.1. The molecule has 2 unspecified atom stereocenters. The lowest BCUT2D eigenvalue weighted by atomic mass is 9.95. The van der Waals surface area contributed by atoms with Gasteiger partial charge >= 0.3 is 6.01 Å². The largest absolute Gasteiger partial charge is 0.485 e. The SMILES string of the molecule is Nc1cc2c(-c3c(I)c4c5c(nc(OC[C@@]67CCCN6C[C@H](F)C7)nc5c3F)N(CC(F)F)C3CNCC3O4)ccc(F)c2s1. The van der Waals surface area contributed by atoms with Crippen molar-refractivity contribution in [1.82, 2.24) is 20.2 Å². The molecule has 0 bridgehead atoms. The van der Waals surface area contributed by atoms with Gasteiger partial charge in [-0.3, -0.25) is 4.90 Å². The van der Waals surface area contributed by atoms with E-state index in [9.17, 15) is 17.6 Å². The van der Waals surface area contributed by atoms with Crippen LogP contribution in [-0.2, 0) is 0 Å². The number of alkyl halides is 3. The summed E-state index contributed by atoms with van der Waals surface area (Å²) >= 11 is 3.05. The average Bonchev–Trinajstić information content (AvgIpc) is 3.76. The van der Waals surface area contributed by atoms with Crippen molar-refractivity contribution in [2.75, 3.05) is 50.0 Å². The van der Waals surface area contributed by atoms with Gasteiger partial charge in [0.25, 0.3) is 6.43 Å². The highest BCUT2D eigenvalue weighted by Crippen LogP contribution is 2.49. The second-order valence-corrected chi connectivity index (χ2v) is 14.3. The van der Waals surface area contributed by atoms with Crippen LogP contribution in [0.3, 0.4) is 0 Å². The Bertz CT molecular complexity index is 1850. The molecule has 4 aliphatic rings. The molecular weight excluding hydrogens is 730 g/mol. The first-order valence-electron chi connectivity index (χ1n) is 14.8. The Labute approximate surface area is 272 Å². The third kappa shape index (κ3) is 4.70. The van der Waals surface area contributed by atoms with Gasteiger partial charge in [-0.1, -0.05) is 6.07 Å². The van der Waals surface area contributed by atoms with Crippen LogP contribution in [-0.4, -0.2) is 84.5 Å². The van der Waals surface area contributed by atoms with E-state index >= 15 is 4.39 Å². The molecule has 3 N–H and O–H groups in total.